The molecule has 0 aromatic heterocycles. The van der Waals surface area contributed by atoms with E-state index >= 15 is 0 Å². The molecule has 3 rings (SSSR count). The number of benzene rings is 2. The Hall–Kier alpha value is -2.69. The number of halogens is 2. The summed E-state index contributed by atoms with van der Waals surface area (Å²) in [6.45, 7) is 0. The second kappa shape index (κ2) is 9.21. The molecule has 0 aliphatic heterocycles. The number of nitrogens with one attached hydrogen (secondary N) is 3. The van der Waals surface area contributed by atoms with Gasteiger partial charge in [0.15, 0.2) is 0 Å². The van der Waals surface area contributed by atoms with Crippen molar-refractivity contribution in [3.63, 3.8) is 0 Å². The predicted molar refractivity (Wildman–Crippen MR) is 115 cm³/mol. The van der Waals surface area contributed by atoms with E-state index in [0.29, 0.717) is 5.75 Å². The third-order valence-electron chi connectivity index (χ3n) is 4.45. The van der Waals surface area contributed by atoms with E-state index in [4.69, 9.17) is 32.7 Å². The first kappa shape index (κ1) is 23.0. The van der Waals surface area contributed by atoms with E-state index in [2.05, 4.69) is 15.6 Å². The number of carbonyl (C=O) groups is 2. The van der Waals surface area contributed by atoms with Gasteiger partial charge < -0.3 is 9.47 Å². The van der Waals surface area contributed by atoms with Crippen LogP contribution in [-0.2, 0) is 14.8 Å². The molecule has 2 aromatic rings. The molecule has 9 nitrogen and oxygen atoms in total. The third kappa shape index (κ3) is 5.33. The third-order valence-corrected chi connectivity index (χ3v) is 6.59. The summed E-state index contributed by atoms with van der Waals surface area (Å²) in [4.78, 5) is 23.7. The average molecular weight is 488 g/mol. The van der Waals surface area contributed by atoms with Crippen LogP contribution < -0.4 is 25.0 Å². The number of hydrogen-bond acceptors (Lipinski definition) is 6. The topological polar surface area (TPSA) is 123 Å². The molecule has 1 fully saturated rings. The van der Waals surface area contributed by atoms with Gasteiger partial charge in [0.1, 0.15) is 16.4 Å². The van der Waals surface area contributed by atoms with Gasteiger partial charge in [0, 0.05) is 17.5 Å². The molecule has 0 saturated heterocycles. The fraction of sp³-hybridized carbons (Fsp3) is 0.263. The smallest absolute Gasteiger partial charge is 0.269 e. The lowest BCUT2D eigenvalue weighted by atomic mass is 10.2. The molecule has 0 spiro atoms. The summed E-state index contributed by atoms with van der Waals surface area (Å²) in [5.74, 6) is -0.617. The lowest BCUT2D eigenvalue weighted by Crippen LogP contribution is -2.42. The second-order valence-corrected chi connectivity index (χ2v) is 9.12. The molecule has 0 radical (unpaired) electrons. The highest BCUT2D eigenvalue weighted by Gasteiger charge is 2.30. The van der Waals surface area contributed by atoms with Crippen LogP contribution in [0.15, 0.2) is 35.2 Å². The second-order valence-electron chi connectivity index (χ2n) is 6.66. The highest BCUT2D eigenvalue weighted by Crippen LogP contribution is 2.37. The zero-order valence-electron chi connectivity index (χ0n) is 16.5. The van der Waals surface area contributed by atoms with E-state index in [0.717, 1.165) is 18.9 Å². The number of methoxy groups -OCH3 is 2. The van der Waals surface area contributed by atoms with Gasteiger partial charge in [-0.25, -0.2) is 8.42 Å². The molecule has 31 heavy (non-hydrogen) atoms. The molecular weight excluding hydrogens is 469 g/mol. The molecule has 12 heteroatoms. The van der Waals surface area contributed by atoms with Gasteiger partial charge in [-0.2, -0.15) is 0 Å². The Morgan fingerprint density at radius 1 is 0.968 bits per heavy atom. The molecule has 0 heterocycles. The van der Waals surface area contributed by atoms with Crippen molar-refractivity contribution >= 4 is 50.7 Å². The normalized spacial score (nSPS) is 13.3. The van der Waals surface area contributed by atoms with Gasteiger partial charge in [-0.1, -0.05) is 23.2 Å². The van der Waals surface area contributed by atoms with Gasteiger partial charge in [0.05, 0.1) is 30.0 Å². The number of rotatable bonds is 7. The lowest BCUT2D eigenvalue weighted by molar-refractivity contribution is -0.123. The molecule has 0 unspecified atom stereocenters. The highest BCUT2D eigenvalue weighted by atomic mass is 35.5. The van der Waals surface area contributed by atoms with Gasteiger partial charge >= 0.3 is 0 Å². The summed E-state index contributed by atoms with van der Waals surface area (Å²) in [5.41, 5.74) is 4.60. The van der Waals surface area contributed by atoms with Crippen LogP contribution in [-0.4, -0.2) is 34.5 Å². The molecule has 0 bridgehead atoms. The van der Waals surface area contributed by atoms with E-state index in [1.165, 1.54) is 38.5 Å². The monoisotopic (exact) mass is 487 g/mol. The molecule has 166 valence electrons. The zero-order chi connectivity index (χ0) is 22.8. The van der Waals surface area contributed by atoms with Gasteiger partial charge in [0.25, 0.3) is 15.9 Å². The Bertz CT molecular complexity index is 1140. The van der Waals surface area contributed by atoms with Crippen LogP contribution in [0.2, 0.25) is 10.0 Å². The molecule has 1 saturated carbocycles. The fourth-order valence-electron chi connectivity index (χ4n) is 2.63. The van der Waals surface area contributed by atoms with Crippen molar-refractivity contribution in [2.75, 3.05) is 18.9 Å². The van der Waals surface area contributed by atoms with Gasteiger partial charge in [-0.05, 0) is 37.1 Å². The van der Waals surface area contributed by atoms with E-state index < -0.39 is 15.9 Å². The Morgan fingerprint density at radius 3 is 2.26 bits per heavy atom. The number of carbonyl (C=O) groups excluding carboxylic acids is 2. The molecule has 3 N–H and O–H groups in total. The minimum absolute atomic E-state index is 0.0133. The molecule has 2 amide bonds. The Kier molecular flexibility index (Phi) is 6.83. The number of hydrazine groups is 1. The van der Waals surface area contributed by atoms with Crippen LogP contribution in [0.3, 0.4) is 0 Å². The number of sulfonamides is 1. The van der Waals surface area contributed by atoms with Crippen LogP contribution in [0.4, 0.5) is 5.69 Å². The number of anilines is 1. The van der Waals surface area contributed by atoms with Gasteiger partial charge in [-0.15, -0.1) is 0 Å². The fourth-order valence-corrected chi connectivity index (χ4v) is 4.46. The Labute approximate surface area is 189 Å². The Morgan fingerprint density at radius 2 is 1.65 bits per heavy atom. The predicted octanol–water partition coefficient (Wildman–Crippen LogP) is 2.98. The molecule has 1 aliphatic carbocycles. The molecule has 1 aliphatic rings. The minimum atomic E-state index is -4.23. The van der Waals surface area contributed by atoms with Crippen molar-refractivity contribution < 1.29 is 27.5 Å². The van der Waals surface area contributed by atoms with Crippen molar-refractivity contribution in [3.05, 3.63) is 45.9 Å². The SMILES string of the molecule is COc1cc(OC)c(NS(=O)(=O)c2cc(C(=O)NNC(=O)C3CC3)ccc2Cl)cc1Cl. The van der Waals surface area contributed by atoms with Crippen LogP contribution in [0.5, 0.6) is 11.5 Å². The largest absolute Gasteiger partial charge is 0.495 e. The van der Waals surface area contributed by atoms with E-state index in [9.17, 15) is 18.0 Å². The molecular formula is C19H19Cl2N3O6S. The van der Waals surface area contributed by atoms with Gasteiger partial charge in [0.2, 0.25) is 5.91 Å². The van der Waals surface area contributed by atoms with Crippen LogP contribution in [0.1, 0.15) is 23.2 Å². The summed E-state index contributed by atoms with van der Waals surface area (Å²) in [7, 11) is -1.47. The number of ether oxygens (including phenoxy) is 2. The first-order chi connectivity index (χ1) is 14.7. The van der Waals surface area contributed by atoms with Crippen LogP contribution in [0.25, 0.3) is 0 Å². The van der Waals surface area contributed by atoms with E-state index in [1.54, 1.807) is 0 Å². The maximum atomic E-state index is 13.0. The van der Waals surface area contributed by atoms with Crippen molar-refractivity contribution in [3.8, 4) is 11.5 Å². The van der Waals surface area contributed by atoms with Crippen LogP contribution >= 0.6 is 23.2 Å². The lowest BCUT2D eigenvalue weighted by Gasteiger charge is -2.15. The van der Waals surface area contributed by atoms with E-state index in [-0.39, 0.29) is 43.8 Å². The van der Waals surface area contributed by atoms with E-state index in [1.807, 2.05) is 0 Å². The summed E-state index contributed by atoms with van der Waals surface area (Å²) in [6, 6.07) is 6.46. The summed E-state index contributed by atoms with van der Waals surface area (Å²) in [6.07, 6.45) is 1.55. The minimum Gasteiger partial charge on any atom is -0.495 e. The summed E-state index contributed by atoms with van der Waals surface area (Å²) in [5, 5.41) is 0.0521. The molecule has 2 aromatic carbocycles. The van der Waals surface area contributed by atoms with Crippen LogP contribution in [0, 0.1) is 5.92 Å². The first-order valence-electron chi connectivity index (χ1n) is 9.00. The quantitative estimate of drug-likeness (QED) is 0.515. The van der Waals surface area contributed by atoms with Gasteiger partial charge in [-0.3, -0.25) is 25.2 Å². The van der Waals surface area contributed by atoms with Crippen molar-refractivity contribution in [2.45, 2.75) is 17.7 Å². The van der Waals surface area contributed by atoms with Crippen molar-refractivity contribution in [2.24, 2.45) is 5.92 Å². The maximum absolute atomic E-state index is 13.0. The number of hydrogen-bond donors (Lipinski definition) is 3. The highest BCUT2D eigenvalue weighted by molar-refractivity contribution is 7.92. The average Bonchev–Trinajstić information content (AvgIpc) is 3.57. The summed E-state index contributed by atoms with van der Waals surface area (Å²) >= 11 is 12.2. The standard InChI is InChI=1S/C19H19Cl2N3O6S/c1-29-15-9-16(30-2)14(8-13(15)21)24-31(27,28)17-7-11(5-6-12(17)20)19(26)23-22-18(25)10-3-4-10/h5-10,24H,3-4H2,1-2H3,(H,22,25)(H,23,26). The molecule has 0 atom stereocenters. The zero-order valence-corrected chi connectivity index (χ0v) is 18.8. The maximum Gasteiger partial charge on any atom is 0.269 e. The first-order valence-corrected chi connectivity index (χ1v) is 11.2. The van der Waals surface area contributed by atoms with Crippen molar-refractivity contribution in [1.29, 1.82) is 0 Å². The van der Waals surface area contributed by atoms with Crippen molar-refractivity contribution in [1.82, 2.24) is 10.9 Å². The number of amides is 2. The summed E-state index contributed by atoms with van der Waals surface area (Å²) < 4.78 is 38.6. The Balaban J connectivity index is 1.85.